The van der Waals surface area contributed by atoms with Gasteiger partial charge in [0.2, 0.25) is 6.10 Å². The van der Waals surface area contributed by atoms with E-state index in [1.807, 2.05) is 55.5 Å². The molecule has 0 radical (unpaired) electrons. The highest BCUT2D eigenvalue weighted by Gasteiger charge is 2.28. The van der Waals surface area contributed by atoms with Crippen molar-refractivity contribution in [3.05, 3.63) is 77.9 Å². The van der Waals surface area contributed by atoms with Crippen molar-refractivity contribution in [3.8, 4) is 28.7 Å². The van der Waals surface area contributed by atoms with Gasteiger partial charge in [0, 0.05) is 18.7 Å². The third kappa shape index (κ3) is 8.27. The minimum absolute atomic E-state index is 0.0834. The van der Waals surface area contributed by atoms with Gasteiger partial charge in [0.25, 0.3) is 0 Å². The van der Waals surface area contributed by atoms with E-state index in [2.05, 4.69) is 5.32 Å². The van der Waals surface area contributed by atoms with E-state index in [0.29, 0.717) is 54.9 Å². The van der Waals surface area contributed by atoms with Gasteiger partial charge in [-0.1, -0.05) is 36.4 Å². The lowest BCUT2D eigenvalue weighted by Gasteiger charge is -2.25. The van der Waals surface area contributed by atoms with Gasteiger partial charge >= 0.3 is 5.97 Å². The Labute approximate surface area is 234 Å². The van der Waals surface area contributed by atoms with Crippen molar-refractivity contribution >= 4 is 5.97 Å². The van der Waals surface area contributed by atoms with Crippen LogP contribution in [0.5, 0.6) is 28.7 Å². The van der Waals surface area contributed by atoms with Crippen LogP contribution in [0.4, 0.5) is 0 Å². The number of hydrogen-bond acceptors (Lipinski definition) is 9. The highest BCUT2D eigenvalue weighted by molar-refractivity contribution is 5.76. The van der Waals surface area contributed by atoms with E-state index in [4.69, 9.17) is 28.4 Å². The summed E-state index contributed by atoms with van der Waals surface area (Å²) in [5.41, 5.74) is 2.12. The van der Waals surface area contributed by atoms with Gasteiger partial charge in [-0.3, -0.25) is 0 Å². The molecule has 214 valence electrons. The number of carbonyl (C=O) groups is 1. The van der Waals surface area contributed by atoms with Crippen LogP contribution in [0.1, 0.15) is 25.0 Å². The molecule has 9 heteroatoms. The van der Waals surface area contributed by atoms with Crippen LogP contribution in [0.25, 0.3) is 0 Å². The molecule has 0 aromatic heterocycles. The number of methoxy groups -OCH3 is 1. The Balaban J connectivity index is 1.20. The maximum atomic E-state index is 11.9. The van der Waals surface area contributed by atoms with E-state index in [-0.39, 0.29) is 19.3 Å². The third-order valence-electron chi connectivity index (χ3n) is 6.28. The minimum atomic E-state index is -0.756. The lowest BCUT2D eigenvalue weighted by Crippen LogP contribution is -2.38. The molecule has 0 bridgehead atoms. The third-order valence-corrected chi connectivity index (χ3v) is 6.28. The Bertz CT molecular complexity index is 1240. The molecule has 3 aromatic rings. The van der Waals surface area contributed by atoms with E-state index in [1.165, 1.54) is 0 Å². The summed E-state index contributed by atoms with van der Waals surface area (Å²) in [7, 11) is 1.57. The molecule has 3 aromatic carbocycles. The van der Waals surface area contributed by atoms with E-state index in [1.54, 1.807) is 32.2 Å². The van der Waals surface area contributed by atoms with Crippen molar-refractivity contribution in [1.82, 2.24) is 5.32 Å². The van der Waals surface area contributed by atoms with Crippen LogP contribution in [0, 0.1) is 0 Å². The number of fused-ring (bicyclic) bond motifs is 1. The summed E-state index contributed by atoms with van der Waals surface area (Å²) in [6.45, 7) is 5.11. The van der Waals surface area contributed by atoms with Gasteiger partial charge in [-0.25, -0.2) is 4.79 Å². The molecule has 0 aliphatic carbocycles. The summed E-state index contributed by atoms with van der Waals surface area (Å²) < 4.78 is 33.6. The second kappa shape index (κ2) is 14.4. The maximum Gasteiger partial charge on any atom is 0.350 e. The van der Waals surface area contributed by atoms with Gasteiger partial charge in [-0.15, -0.1) is 0 Å². The molecule has 1 heterocycles. The molecule has 0 unspecified atom stereocenters. The summed E-state index contributed by atoms with van der Waals surface area (Å²) in [5, 5.41) is 13.8. The number of nitrogens with one attached hydrogen (secondary N) is 1. The number of aliphatic hydroxyl groups excluding tert-OH is 1. The molecule has 9 nitrogen and oxygen atoms in total. The molecule has 2 N–H and O–H groups in total. The molecule has 0 amide bonds. The molecule has 40 heavy (non-hydrogen) atoms. The van der Waals surface area contributed by atoms with Crippen molar-refractivity contribution in [3.63, 3.8) is 0 Å². The first-order valence-corrected chi connectivity index (χ1v) is 13.4. The summed E-state index contributed by atoms with van der Waals surface area (Å²) in [6, 6.07) is 21.0. The lowest BCUT2D eigenvalue weighted by molar-refractivity contribution is -0.153. The van der Waals surface area contributed by atoms with Gasteiger partial charge in [0.15, 0.2) is 23.0 Å². The molecule has 0 saturated heterocycles. The van der Waals surface area contributed by atoms with Gasteiger partial charge in [0.05, 0.1) is 13.7 Å². The minimum Gasteiger partial charge on any atom is -0.493 e. The molecule has 1 aliphatic heterocycles. The first-order chi connectivity index (χ1) is 19.4. The number of benzene rings is 3. The number of aliphatic hydroxyl groups is 1. The number of hydrogen-bond donors (Lipinski definition) is 2. The fourth-order valence-corrected chi connectivity index (χ4v) is 4.20. The Morgan fingerprint density at radius 2 is 1.85 bits per heavy atom. The van der Waals surface area contributed by atoms with Gasteiger partial charge < -0.3 is 38.8 Å². The average Bonchev–Trinajstić information content (AvgIpc) is 2.98. The van der Waals surface area contributed by atoms with Crippen LogP contribution >= 0.6 is 0 Å². The zero-order valence-corrected chi connectivity index (χ0v) is 23.1. The SMILES string of the molecule is CCOC(=O)[C@H]1COc2cc(C[C@@H](C)NC[C@H](O)COc3ccc(OCc4ccccc4)cc3OC)ccc2O1. The van der Waals surface area contributed by atoms with Gasteiger partial charge in [0.1, 0.15) is 31.7 Å². The van der Waals surface area contributed by atoms with E-state index < -0.39 is 18.2 Å². The van der Waals surface area contributed by atoms with Crippen LogP contribution in [0.2, 0.25) is 0 Å². The van der Waals surface area contributed by atoms with Crippen LogP contribution in [0.3, 0.4) is 0 Å². The number of esters is 1. The molecule has 0 saturated carbocycles. The zero-order valence-electron chi connectivity index (χ0n) is 23.1. The highest BCUT2D eigenvalue weighted by atomic mass is 16.6. The molecule has 1 aliphatic rings. The Morgan fingerprint density at radius 1 is 1.02 bits per heavy atom. The molecule has 0 fully saturated rings. The number of carbonyl (C=O) groups excluding carboxylic acids is 1. The van der Waals surface area contributed by atoms with E-state index >= 15 is 0 Å². The van der Waals surface area contributed by atoms with Crippen LogP contribution < -0.4 is 29.0 Å². The predicted octanol–water partition coefficient (Wildman–Crippen LogP) is 3.94. The van der Waals surface area contributed by atoms with E-state index in [9.17, 15) is 9.90 Å². The molecule has 3 atom stereocenters. The zero-order chi connectivity index (χ0) is 28.3. The smallest absolute Gasteiger partial charge is 0.350 e. The van der Waals surface area contributed by atoms with E-state index in [0.717, 1.165) is 11.1 Å². The van der Waals surface area contributed by atoms with Crippen molar-refractivity contribution in [1.29, 1.82) is 0 Å². The lowest BCUT2D eigenvalue weighted by atomic mass is 10.1. The fraction of sp³-hybridized carbons (Fsp3) is 0.387. The predicted molar refractivity (Wildman–Crippen MR) is 149 cm³/mol. The topological polar surface area (TPSA) is 105 Å². The average molecular weight is 552 g/mol. The van der Waals surface area contributed by atoms with Gasteiger partial charge in [-0.05, 0) is 55.7 Å². The normalized spacial score (nSPS) is 15.6. The monoisotopic (exact) mass is 551 g/mol. The summed E-state index contributed by atoms with van der Waals surface area (Å²) in [4.78, 5) is 11.9. The molecule has 4 rings (SSSR count). The summed E-state index contributed by atoms with van der Waals surface area (Å²) in [6.07, 6.45) is -0.765. The Hall–Kier alpha value is -3.95. The van der Waals surface area contributed by atoms with Crippen LogP contribution in [0.15, 0.2) is 66.7 Å². The molecule has 0 spiro atoms. The van der Waals surface area contributed by atoms with Crippen molar-refractivity contribution < 1.29 is 38.3 Å². The Kier molecular flexibility index (Phi) is 10.5. The number of rotatable bonds is 14. The van der Waals surface area contributed by atoms with Crippen LogP contribution in [-0.4, -0.2) is 62.8 Å². The second-order valence-electron chi connectivity index (χ2n) is 9.52. The van der Waals surface area contributed by atoms with Crippen molar-refractivity contribution in [2.75, 3.05) is 33.5 Å². The molecular formula is C31H37NO8. The molecular weight excluding hydrogens is 514 g/mol. The number of ether oxygens (including phenoxy) is 6. The quantitative estimate of drug-likeness (QED) is 0.288. The van der Waals surface area contributed by atoms with Crippen molar-refractivity contribution in [2.24, 2.45) is 0 Å². The Morgan fingerprint density at radius 3 is 2.62 bits per heavy atom. The van der Waals surface area contributed by atoms with Crippen molar-refractivity contribution in [2.45, 2.75) is 45.1 Å². The van der Waals surface area contributed by atoms with Crippen LogP contribution in [-0.2, 0) is 22.6 Å². The summed E-state index contributed by atoms with van der Waals surface area (Å²) in [5.74, 6) is 2.42. The summed E-state index contributed by atoms with van der Waals surface area (Å²) >= 11 is 0. The van der Waals surface area contributed by atoms with Gasteiger partial charge in [-0.2, -0.15) is 0 Å². The standard InChI is InChI=1S/C31H37NO8/c1-4-36-31(34)30-20-39-29-15-23(10-12-27(29)40-30)14-21(2)32-17-24(33)19-38-26-13-11-25(16-28(26)35-3)37-18-22-8-6-5-7-9-22/h5-13,15-16,21,24,30,32-33H,4,14,17-20H2,1-3H3/t21-,24+,30-/m1/s1. The fourth-order valence-electron chi connectivity index (χ4n) is 4.20. The first-order valence-electron chi connectivity index (χ1n) is 13.4. The second-order valence-corrected chi connectivity index (χ2v) is 9.52. The maximum absolute atomic E-state index is 11.9. The first kappa shape index (κ1) is 29.0. The highest BCUT2D eigenvalue weighted by Crippen LogP contribution is 2.33. The largest absolute Gasteiger partial charge is 0.493 e.